The summed E-state index contributed by atoms with van der Waals surface area (Å²) in [5.74, 6) is 2.22. The first kappa shape index (κ1) is 22.8. The summed E-state index contributed by atoms with van der Waals surface area (Å²) in [4.78, 5) is 6.85. The Morgan fingerprint density at radius 1 is 1.31 bits per heavy atom. The zero-order valence-corrected chi connectivity index (χ0v) is 18.7. The summed E-state index contributed by atoms with van der Waals surface area (Å²) in [7, 11) is 3.43. The summed E-state index contributed by atoms with van der Waals surface area (Å²) >= 11 is 0. The van der Waals surface area contributed by atoms with Crippen LogP contribution in [0.3, 0.4) is 0 Å². The van der Waals surface area contributed by atoms with Gasteiger partial charge >= 0.3 is 0 Å². The van der Waals surface area contributed by atoms with Crippen LogP contribution in [0.5, 0.6) is 11.5 Å². The largest absolute Gasteiger partial charge is 0.493 e. The summed E-state index contributed by atoms with van der Waals surface area (Å²) in [6.45, 7) is 7.99. The first-order chi connectivity index (χ1) is 12.2. The maximum atomic E-state index is 5.62. The summed E-state index contributed by atoms with van der Waals surface area (Å²) in [6.07, 6.45) is 3.97. The van der Waals surface area contributed by atoms with Crippen LogP contribution in [0.25, 0.3) is 0 Å². The topological polar surface area (TPSA) is 58.1 Å². The number of benzene rings is 1. The number of aliphatic imine (C=N–C) groups is 1. The number of anilines is 1. The average Bonchev–Trinajstić information content (AvgIpc) is 2.63. The van der Waals surface area contributed by atoms with Crippen molar-refractivity contribution in [1.82, 2.24) is 10.2 Å². The molecule has 1 aliphatic heterocycles. The molecule has 1 unspecified atom stereocenters. The van der Waals surface area contributed by atoms with Crippen molar-refractivity contribution in [1.29, 1.82) is 0 Å². The summed E-state index contributed by atoms with van der Waals surface area (Å²) in [6, 6.07) is 6.47. The Bertz CT molecular complexity index is 568. The van der Waals surface area contributed by atoms with Crippen molar-refractivity contribution in [2.45, 2.75) is 39.2 Å². The molecule has 1 aromatic rings. The maximum absolute atomic E-state index is 5.62. The molecule has 0 aromatic heterocycles. The van der Waals surface area contributed by atoms with E-state index in [1.54, 1.807) is 14.2 Å². The molecule has 1 aliphatic rings. The monoisotopic (exact) mass is 476 g/mol. The maximum Gasteiger partial charge on any atom is 0.195 e. The molecule has 6 nitrogen and oxygen atoms in total. The lowest BCUT2D eigenvalue weighted by atomic mass is 10.0. The molecule has 2 rings (SSSR count). The first-order valence-electron chi connectivity index (χ1n) is 9.20. The number of methoxy groups -OCH3 is 1. The fourth-order valence-corrected chi connectivity index (χ4v) is 3.15. The highest BCUT2D eigenvalue weighted by atomic mass is 127. The number of ether oxygens (including phenoxy) is 2. The lowest BCUT2D eigenvalue weighted by Gasteiger charge is -2.33. The van der Waals surface area contributed by atoms with Crippen molar-refractivity contribution in [3.63, 3.8) is 0 Å². The zero-order valence-electron chi connectivity index (χ0n) is 16.4. The lowest BCUT2D eigenvalue weighted by Crippen LogP contribution is -2.43. The number of nitrogens with one attached hydrogen (secondary N) is 2. The highest BCUT2D eigenvalue weighted by molar-refractivity contribution is 14.0. The van der Waals surface area contributed by atoms with Gasteiger partial charge in [0.15, 0.2) is 17.5 Å². The highest BCUT2D eigenvalue weighted by Gasteiger charge is 2.17. The predicted molar refractivity (Wildman–Crippen MR) is 119 cm³/mol. The summed E-state index contributed by atoms with van der Waals surface area (Å²) in [5, 5.41) is 6.70. The third-order valence-corrected chi connectivity index (χ3v) is 4.58. The van der Waals surface area contributed by atoms with Crippen LogP contribution in [0.2, 0.25) is 0 Å². The number of guanidine groups is 1. The molecule has 1 fully saturated rings. The lowest BCUT2D eigenvalue weighted by molar-refractivity contribution is 0.164. The molecule has 2 N–H and O–H groups in total. The van der Waals surface area contributed by atoms with Crippen LogP contribution in [-0.2, 0) is 0 Å². The molecule has 0 spiro atoms. The van der Waals surface area contributed by atoms with Crippen LogP contribution in [0.15, 0.2) is 23.2 Å². The normalized spacial score (nSPS) is 18.0. The first-order valence-corrected chi connectivity index (χ1v) is 9.20. The third-order valence-electron chi connectivity index (χ3n) is 4.58. The van der Waals surface area contributed by atoms with Crippen molar-refractivity contribution in [2.75, 3.05) is 45.7 Å². The van der Waals surface area contributed by atoms with Gasteiger partial charge in [-0.2, -0.15) is 0 Å². The quantitative estimate of drug-likeness (QED) is 0.358. The summed E-state index contributed by atoms with van der Waals surface area (Å²) < 4.78 is 10.9. The predicted octanol–water partition coefficient (Wildman–Crippen LogP) is 3.57. The molecule has 148 valence electrons. The van der Waals surface area contributed by atoms with E-state index in [2.05, 4.69) is 27.4 Å². The Kier molecular flexibility index (Phi) is 10.7. The minimum Gasteiger partial charge on any atom is -0.493 e. The number of halogens is 1. The van der Waals surface area contributed by atoms with E-state index < -0.39 is 0 Å². The molecule has 26 heavy (non-hydrogen) atoms. The number of nitrogens with zero attached hydrogens (tertiary/aromatic N) is 2. The van der Waals surface area contributed by atoms with Crippen molar-refractivity contribution >= 4 is 35.6 Å². The SMILES string of the molecule is CCOc1cc(NC(=NC)NCCN2CCCCC2C)ccc1OC.I. The van der Waals surface area contributed by atoms with Gasteiger partial charge in [0.05, 0.1) is 13.7 Å². The van der Waals surface area contributed by atoms with E-state index in [0.717, 1.165) is 36.2 Å². The van der Waals surface area contributed by atoms with Crippen molar-refractivity contribution < 1.29 is 9.47 Å². The van der Waals surface area contributed by atoms with Gasteiger partial charge in [-0.15, -0.1) is 24.0 Å². The molecule has 0 saturated carbocycles. The molecule has 1 saturated heterocycles. The summed E-state index contributed by atoms with van der Waals surface area (Å²) in [5.41, 5.74) is 0.920. The van der Waals surface area contributed by atoms with Gasteiger partial charge in [0.2, 0.25) is 0 Å². The molecule has 0 bridgehead atoms. The standard InChI is InChI=1S/C19H32N4O2.HI/c1-5-25-18-14-16(9-10-17(18)24-4)22-19(20-3)21-11-13-23-12-7-6-8-15(23)2;/h9-10,14-15H,5-8,11-13H2,1-4H3,(H2,20,21,22);1H. The minimum atomic E-state index is 0. The molecule has 1 atom stereocenters. The Hall–Kier alpha value is -1.22. The molecule has 7 heteroatoms. The van der Waals surface area contributed by atoms with Gasteiger partial charge in [-0.3, -0.25) is 9.89 Å². The number of hydrogen-bond acceptors (Lipinski definition) is 4. The number of hydrogen-bond donors (Lipinski definition) is 2. The number of piperidine rings is 1. The van der Waals surface area contributed by atoms with Gasteiger partial charge in [-0.1, -0.05) is 6.42 Å². The van der Waals surface area contributed by atoms with E-state index >= 15 is 0 Å². The van der Waals surface area contributed by atoms with Crippen molar-refractivity contribution in [3.8, 4) is 11.5 Å². The van der Waals surface area contributed by atoms with Crippen LogP contribution >= 0.6 is 24.0 Å². The van der Waals surface area contributed by atoms with Crippen LogP contribution < -0.4 is 20.1 Å². The van der Waals surface area contributed by atoms with E-state index in [-0.39, 0.29) is 24.0 Å². The average molecular weight is 476 g/mol. The zero-order chi connectivity index (χ0) is 18.1. The molecule has 1 heterocycles. The fourth-order valence-electron chi connectivity index (χ4n) is 3.15. The smallest absolute Gasteiger partial charge is 0.195 e. The Morgan fingerprint density at radius 2 is 2.12 bits per heavy atom. The molecule has 0 aliphatic carbocycles. The second-order valence-electron chi connectivity index (χ2n) is 6.30. The Labute approximate surface area is 174 Å². The van der Waals surface area contributed by atoms with E-state index in [0.29, 0.717) is 12.6 Å². The van der Waals surface area contributed by atoms with E-state index in [4.69, 9.17) is 9.47 Å². The van der Waals surface area contributed by atoms with Gasteiger partial charge in [0, 0.05) is 37.9 Å². The van der Waals surface area contributed by atoms with Crippen molar-refractivity contribution in [3.05, 3.63) is 18.2 Å². The van der Waals surface area contributed by atoms with Gasteiger partial charge in [-0.05, 0) is 45.4 Å². The Morgan fingerprint density at radius 3 is 2.77 bits per heavy atom. The molecule has 1 aromatic carbocycles. The van der Waals surface area contributed by atoms with E-state index in [1.807, 2.05) is 25.1 Å². The second-order valence-corrected chi connectivity index (χ2v) is 6.30. The van der Waals surface area contributed by atoms with Gasteiger partial charge in [0.1, 0.15) is 0 Å². The van der Waals surface area contributed by atoms with Crippen molar-refractivity contribution in [2.24, 2.45) is 4.99 Å². The van der Waals surface area contributed by atoms with Crippen LogP contribution in [0, 0.1) is 0 Å². The molecular formula is C19H33IN4O2. The highest BCUT2D eigenvalue weighted by Crippen LogP contribution is 2.30. The molecular weight excluding hydrogens is 443 g/mol. The van der Waals surface area contributed by atoms with Gasteiger partial charge in [-0.25, -0.2) is 0 Å². The number of likely N-dealkylation sites (tertiary alicyclic amines) is 1. The second kappa shape index (κ2) is 12.2. The van der Waals surface area contributed by atoms with Gasteiger partial charge < -0.3 is 20.1 Å². The van der Waals surface area contributed by atoms with Crippen LogP contribution in [0.4, 0.5) is 5.69 Å². The van der Waals surface area contributed by atoms with E-state index in [9.17, 15) is 0 Å². The minimum absolute atomic E-state index is 0. The van der Waals surface area contributed by atoms with Crippen LogP contribution in [-0.4, -0.2) is 57.3 Å². The molecule has 0 radical (unpaired) electrons. The van der Waals surface area contributed by atoms with Crippen LogP contribution in [0.1, 0.15) is 33.1 Å². The Balaban J connectivity index is 0.00000338. The third kappa shape index (κ3) is 6.83. The molecule has 0 amide bonds. The van der Waals surface area contributed by atoms with E-state index in [1.165, 1.54) is 25.8 Å². The number of rotatable bonds is 7. The fraction of sp³-hybridized carbons (Fsp3) is 0.632. The van der Waals surface area contributed by atoms with Gasteiger partial charge in [0.25, 0.3) is 0 Å².